The smallest absolute Gasteiger partial charge is 0.260 e. The highest BCUT2D eigenvalue weighted by Crippen LogP contribution is 2.47. The maximum atomic E-state index is 13.2. The zero-order chi connectivity index (χ0) is 25.2. The lowest BCUT2D eigenvalue weighted by Gasteiger charge is -2.16. The molecule has 1 saturated heterocycles. The number of benzene rings is 2. The Morgan fingerprint density at radius 2 is 1.72 bits per heavy atom. The SMILES string of the molecule is COc1cc(OC)c(Cl)c(-c2ccc(C(=O)Nc3nc(CN4CCCC4)c[nH]3)c3nccnc23)c1Cl. The molecule has 1 aliphatic heterocycles. The minimum absolute atomic E-state index is 0.300. The zero-order valence-electron chi connectivity index (χ0n) is 19.8. The first-order chi connectivity index (χ1) is 17.5. The molecular weight excluding hydrogens is 503 g/mol. The number of H-pyrrole nitrogens is 1. The van der Waals surface area contributed by atoms with Crippen LogP contribution in [0.15, 0.2) is 36.8 Å². The van der Waals surface area contributed by atoms with Gasteiger partial charge in [-0.05, 0) is 32.0 Å². The Bertz CT molecular complexity index is 1410. The van der Waals surface area contributed by atoms with E-state index in [0.29, 0.717) is 55.2 Å². The topological polar surface area (TPSA) is 105 Å². The average Bonchev–Trinajstić information content (AvgIpc) is 3.56. The number of hydrogen-bond donors (Lipinski definition) is 2. The van der Waals surface area contributed by atoms with E-state index in [1.165, 1.54) is 33.3 Å². The Morgan fingerprint density at radius 1 is 1.06 bits per heavy atom. The first-order valence-electron chi connectivity index (χ1n) is 11.4. The summed E-state index contributed by atoms with van der Waals surface area (Å²) in [6, 6.07) is 5.01. The molecule has 1 aliphatic rings. The number of anilines is 1. The second kappa shape index (κ2) is 10.3. The van der Waals surface area contributed by atoms with Crippen molar-refractivity contribution in [1.29, 1.82) is 0 Å². The number of fused-ring (bicyclic) bond motifs is 1. The van der Waals surface area contributed by atoms with E-state index in [-0.39, 0.29) is 5.91 Å². The fourth-order valence-corrected chi connectivity index (χ4v) is 5.12. The molecule has 2 aromatic heterocycles. The van der Waals surface area contributed by atoms with Crippen LogP contribution in [-0.2, 0) is 6.54 Å². The molecular formula is C25H24Cl2N6O3. The molecule has 0 aliphatic carbocycles. The van der Waals surface area contributed by atoms with Gasteiger partial charge < -0.3 is 14.5 Å². The second-order valence-electron chi connectivity index (χ2n) is 8.38. The average molecular weight is 527 g/mol. The number of ether oxygens (including phenoxy) is 2. The molecule has 11 heteroatoms. The van der Waals surface area contributed by atoms with Crippen LogP contribution in [0.1, 0.15) is 28.9 Å². The van der Waals surface area contributed by atoms with E-state index < -0.39 is 0 Å². The first-order valence-corrected chi connectivity index (χ1v) is 12.2. The van der Waals surface area contributed by atoms with Crippen LogP contribution in [0.4, 0.5) is 5.95 Å². The molecule has 2 N–H and O–H groups in total. The Kier molecular flexibility index (Phi) is 6.95. The Labute approximate surface area is 217 Å². The fourth-order valence-electron chi connectivity index (χ4n) is 4.41. The summed E-state index contributed by atoms with van der Waals surface area (Å²) in [7, 11) is 3.02. The molecule has 4 aromatic rings. The predicted molar refractivity (Wildman–Crippen MR) is 139 cm³/mol. The van der Waals surface area contributed by atoms with Crippen LogP contribution in [0.25, 0.3) is 22.2 Å². The van der Waals surface area contributed by atoms with Crippen molar-refractivity contribution < 1.29 is 14.3 Å². The molecule has 0 bridgehead atoms. The Balaban J connectivity index is 1.50. The molecule has 0 atom stereocenters. The number of hydrogen-bond acceptors (Lipinski definition) is 7. The summed E-state index contributed by atoms with van der Waals surface area (Å²) in [6.07, 6.45) is 7.30. The van der Waals surface area contributed by atoms with Gasteiger partial charge in [-0.3, -0.25) is 25.0 Å². The predicted octanol–water partition coefficient (Wildman–Crippen LogP) is 5.19. The van der Waals surface area contributed by atoms with Crippen molar-refractivity contribution in [3.8, 4) is 22.6 Å². The van der Waals surface area contributed by atoms with E-state index in [1.54, 1.807) is 24.4 Å². The van der Waals surface area contributed by atoms with E-state index in [4.69, 9.17) is 32.7 Å². The first kappa shape index (κ1) is 24.3. The van der Waals surface area contributed by atoms with Gasteiger partial charge in [-0.25, -0.2) is 4.98 Å². The number of carbonyl (C=O) groups excluding carboxylic acids is 1. The van der Waals surface area contributed by atoms with Crippen LogP contribution in [-0.4, -0.2) is 58.1 Å². The van der Waals surface area contributed by atoms with Gasteiger partial charge in [-0.1, -0.05) is 29.3 Å². The molecule has 5 rings (SSSR count). The quantitative estimate of drug-likeness (QED) is 0.341. The fraction of sp³-hybridized carbons (Fsp3) is 0.280. The van der Waals surface area contributed by atoms with Crippen molar-refractivity contribution in [2.24, 2.45) is 0 Å². The number of nitrogens with zero attached hydrogens (tertiary/aromatic N) is 4. The Hall–Kier alpha value is -3.40. The number of nitrogens with one attached hydrogen (secondary N) is 2. The highest BCUT2D eigenvalue weighted by molar-refractivity contribution is 6.41. The summed E-state index contributed by atoms with van der Waals surface area (Å²) in [4.78, 5) is 32.1. The number of aromatic amines is 1. The van der Waals surface area contributed by atoms with E-state index >= 15 is 0 Å². The molecule has 3 heterocycles. The van der Waals surface area contributed by atoms with Crippen LogP contribution < -0.4 is 14.8 Å². The van der Waals surface area contributed by atoms with E-state index in [9.17, 15) is 4.79 Å². The number of methoxy groups -OCH3 is 2. The monoisotopic (exact) mass is 526 g/mol. The number of rotatable bonds is 7. The van der Waals surface area contributed by atoms with E-state index in [0.717, 1.165) is 25.3 Å². The van der Waals surface area contributed by atoms with Crippen LogP contribution in [0, 0.1) is 0 Å². The van der Waals surface area contributed by atoms with Crippen LogP contribution >= 0.6 is 23.2 Å². The van der Waals surface area contributed by atoms with Crippen LogP contribution in [0.5, 0.6) is 11.5 Å². The van der Waals surface area contributed by atoms with E-state index in [2.05, 4.69) is 30.2 Å². The van der Waals surface area contributed by atoms with Crippen molar-refractivity contribution >= 4 is 46.1 Å². The molecule has 0 unspecified atom stereocenters. The van der Waals surface area contributed by atoms with Gasteiger partial charge in [0.15, 0.2) is 0 Å². The third-order valence-corrected chi connectivity index (χ3v) is 6.91. The maximum Gasteiger partial charge on any atom is 0.260 e. The van der Waals surface area contributed by atoms with Crippen molar-refractivity contribution in [3.05, 3.63) is 58.1 Å². The van der Waals surface area contributed by atoms with Gasteiger partial charge in [0.05, 0.1) is 41.0 Å². The molecule has 0 spiro atoms. The van der Waals surface area contributed by atoms with E-state index in [1.807, 2.05) is 6.20 Å². The molecule has 186 valence electrons. The number of halogens is 2. The minimum Gasteiger partial charge on any atom is -0.495 e. The number of aromatic nitrogens is 4. The summed E-state index contributed by atoms with van der Waals surface area (Å²) in [5, 5.41) is 3.43. The highest BCUT2D eigenvalue weighted by Gasteiger charge is 2.23. The summed E-state index contributed by atoms with van der Waals surface area (Å²) in [6.45, 7) is 2.89. The molecule has 9 nitrogen and oxygen atoms in total. The lowest BCUT2D eigenvalue weighted by atomic mass is 9.99. The largest absolute Gasteiger partial charge is 0.495 e. The molecule has 0 saturated carbocycles. The standard InChI is InChI=1S/C25H24Cl2N6O3/c1-35-17-11-18(36-2)21(27)19(20(17)26)15-5-6-16(23-22(15)28-7-8-29-23)24(34)32-25-30-12-14(31-25)13-33-9-3-4-10-33/h5-8,11-12H,3-4,9-10,13H2,1-2H3,(H2,30,31,32,34). The number of amides is 1. The Morgan fingerprint density at radius 3 is 2.39 bits per heavy atom. The third kappa shape index (κ3) is 4.57. The number of likely N-dealkylation sites (tertiary alicyclic amines) is 1. The lowest BCUT2D eigenvalue weighted by molar-refractivity contribution is 0.102. The normalized spacial score (nSPS) is 13.8. The highest BCUT2D eigenvalue weighted by atomic mass is 35.5. The van der Waals surface area contributed by atoms with Crippen LogP contribution in [0.3, 0.4) is 0 Å². The lowest BCUT2D eigenvalue weighted by Crippen LogP contribution is -2.18. The summed E-state index contributed by atoms with van der Waals surface area (Å²) in [5.41, 5.74) is 3.13. The van der Waals surface area contributed by atoms with Crippen molar-refractivity contribution in [3.63, 3.8) is 0 Å². The molecule has 36 heavy (non-hydrogen) atoms. The summed E-state index contributed by atoms with van der Waals surface area (Å²) in [5.74, 6) is 0.803. The van der Waals surface area contributed by atoms with Crippen molar-refractivity contribution in [2.75, 3.05) is 32.6 Å². The van der Waals surface area contributed by atoms with Gasteiger partial charge in [0.2, 0.25) is 5.95 Å². The molecule has 2 aromatic carbocycles. The second-order valence-corrected chi connectivity index (χ2v) is 9.13. The minimum atomic E-state index is -0.366. The van der Waals surface area contributed by atoms with Gasteiger partial charge in [0.1, 0.15) is 17.0 Å². The zero-order valence-corrected chi connectivity index (χ0v) is 21.3. The van der Waals surface area contributed by atoms with Gasteiger partial charge in [0, 0.05) is 42.3 Å². The van der Waals surface area contributed by atoms with Crippen LogP contribution in [0.2, 0.25) is 10.0 Å². The third-order valence-electron chi connectivity index (χ3n) is 6.16. The number of imidazole rings is 1. The van der Waals surface area contributed by atoms with Gasteiger partial charge >= 0.3 is 0 Å². The van der Waals surface area contributed by atoms with Crippen molar-refractivity contribution in [2.45, 2.75) is 19.4 Å². The molecule has 1 amide bonds. The maximum absolute atomic E-state index is 13.2. The molecule has 0 radical (unpaired) electrons. The van der Waals surface area contributed by atoms with Gasteiger partial charge in [0.25, 0.3) is 5.91 Å². The summed E-state index contributed by atoms with van der Waals surface area (Å²) >= 11 is 13.3. The van der Waals surface area contributed by atoms with Gasteiger partial charge in [-0.2, -0.15) is 0 Å². The summed E-state index contributed by atoms with van der Waals surface area (Å²) < 4.78 is 10.8. The molecule has 1 fully saturated rings. The number of carbonyl (C=O) groups is 1. The van der Waals surface area contributed by atoms with Crippen molar-refractivity contribution in [1.82, 2.24) is 24.8 Å². The van der Waals surface area contributed by atoms with Gasteiger partial charge in [-0.15, -0.1) is 0 Å².